The van der Waals surface area contributed by atoms with Crippen molar-refractivity contribution >= 4 is 17.3 Å². The molecule has 0 spiro atoms. The number of nitrogens with two attached hydrogens (primary N) is 1. The quantitative estimate of drug-likeness (QED) is 0.760. The van der Waals surface area contributed by atoms with Crippen molar-refractivity contribution in [1.82, 2.24) is 0 Å². The SMILES string of the molecule is CCCCC(CC)C(=O)Nc1cc(N)cc(F)c1. The Morgan fingerprint density at radius 3 is 2.67 bits per heavy atom. The number of anilines is 2. The molecule has 3 nitrogen and oxygen atoms in total. The number of benzene rings is 1. The highest BCUT2D eigenvalue weighted by Crippen LogP contribution is 2.19. The summed E-state index contributed by atoms with van der Waals surface area (Å²) < 4.78 is 13.1. The summed E-state index contributed by atoms with van der Waals surface area (Å²) in [4.78, 5) is 12.0. The van der Waals surface area contributed by atoms with Crippen molar-refractivity contribution in [1.29, 1.82) is 0 Å². The molecule has 4 heteroatoms. The van der Waals surface area contributed by atoms with E-state index in [2.05, 4.69) is 12.2 Å². The van der Waals surface area contributed by atoms with Crippen molar-refractivity contribution in [3.05, 3.63) is 24.0 Å². The van der Waals surface area contributed by atoms with E-state index in [9.17, 15) is 9.18 Å². The first-order valence-corrected chi connectivity index (χ1v) is 6.43. The fraction of sp³-hybridized carbons (Fsp3) is 0.500. The fourth-order valence-corrected chi connectivity index (χ4v) is 1.90. The predicted molar refractivity (Wildman–Crippen MR) is 72.7 cm³/mol. The van der Waals surface area contributed by atoms with E-state index in [0.29, 0.717) is 11.4 Å². The van der Waals surface area contributed by atoms with Gasteiger partial charge in [-0.05, 0) is 31.0 Å². The maximum atomic E-state index is 13.1. The summed E-state index contributed by atoms with van der Waals surface area (Å²) in [5, 5.41) is 2.72. The van der Waals surface area contributed by atoms with E-state index < -0.39 is 5.82 Å². The van der Waals surface area contributed by atoms with E-state index in [4.69, 9.17) is 5.73 Å². The van der Waals surface area contributed by atoms with Gasteiger partial charge in [-0.3, -0.25) is 4.79 Å². The van der Waals surface area contributed by atoms with E-state index in [1.54, 1.807) is 6.07 Å². The second-order valence-electron chi connectivity index (χ2n) is 4.51. The van der Waals surface area contributed by atoms with Crippen LogP contribution in [0.15, 0.2) is 18.2 Å². The van der Waals surface area contributed by atoms with E-state index >= 15 is 0 Å². The van der Waals surface area contributed by atoms with Crippen LogP contribution in [0.3, 0.4) is 0 Å². The van der Waals surface area contributed by atoms with Gasteiger partial charge in [-0.15, -0.1) is 0 Å². The highest BCUT2D eigenvalue weighted by atomic mass is 19.1. The number of nitrogen functional groups attached to an aromatic ring is 1. The number of carbonyl (C=O) groups is 1. The molecule has 1 amide bonds. The molecule has 3 N–H and O–H groups in total. The van der Waals surface area contributed by atoms with Crippen LogP contribution < -0.4 is 11.1 Å². The summed E-state index contributed by atoms with van der Waals surface area (Å²) in [6, 6.07) is 4.07. The number of hydrogen-bond acceptors (Lipinski definition) is 2. The Balaban J connectivity index is 2.67. The Kier molecular flexibility index (Phi) is 5.62. The molecule has 1 rings (SSSR count). The molecule has 0 bridgehead atoms. The standard InChI is InChI=1S/C14H21FN2O/c1-3-5-6-10(4-2)14(18)17-13-8-11(15)7-12(16)9-13/h7-10H,3-6,16H2,1-2H3,(H,17,18). The van der Waals surface area contributed by atoms with Gasteiger partial charge < -0.3 is 11.1 Å². The highest BCUT2D eigenvalue weighted by molar-refractivity contribution is 5.92. The molecular weight excluding hydrogens is 231 g/mol. The molecule has 0 aliphatic heterocycles. The Labute approximate surface area is 108 Å². The Bertz CT molecular complexity index is 387. The lowest BCUT2D eigenvalue weighted by Crippen LogP contribution is -2.22. The minimum Gasteiger partial charge on any atom is -0.399 e. The van der Waals surface area contributed by atoms with Gasteiger partial charge in [-0.25, -0.2) is 4.39 Å². The smallest absolute Gasteiger partial charge is 0.227 e. The molecule has 0 saturated carbocycles. The van der Waals surface area contributed by atoms with E-state index in [1.807, 2.05) is 6.92 Å². The van der Waals surface area contributed by atoms with Gasteiger partial charge in [0.1, 0.15) is 5.82 Å². The molecule has 0 heterocycles. The van der Waals surface area contributed by atoms with Crippen LogP contribution in [0, 0.1) is 11.7 Å². The third kappa shape index (κ3) is 4.35. The topological polar surface area (TPSA) is 55.1 Å². The number of unbranched alkanes of at least 4 members (excludes halogenated alkanes) is 1. The van der Waals surface area contributed by atoms with Crippen molar-refractivity contribution in [3.8, 4) is 0 Å². The van der Waals surface area contributed by atoms with Crippen LogP contribution in [-0.4, -0.2) is 5.91 Å². The number of rotatable bonds is 6. The molecule has 1 aromatic rings. The van der Waals surface area contributed by atoms with Crippen molar-refractivity contribution < 1.29 is 9.18 Å². The first-order chi connectivity index (χ1) is 8.56. The monoisotopic (exact) mass is 252 g/mol. The zero-order valence-corrected chi connectivity index (χ0v) is 11.0. The highest BCUT2D eigenvalue weighted by Gasteiger charge is 2.16. The molecule has 1 atom stereocenters. The van der Waals surface area contributed by atoms with Crippen LogP contribution in [0.2, 0.25) is 0 Å². The molecule has 0 aromatic heterocycles. The lowest BCUT2D eigenvalue weighted by Gasteiger charge is -2.14. The van der Waals surface area contributed by atoms with Crippen molar-refractivity contribution in [2.24, 2.45) is 5.92 Å². The number of nitrogens with one attached hydrogen (secondary N) is 1. The van der Waals surface area contributed by atoms with Crippen LogP contribution in [0.25, 0.3) is 0 Å². The normalized spacial score (nSPS) is 12.2. The number of hydrogen-bond donors (Lipinski definition) is 2. The zero-order chi connectivity index (χ0) is 13.5. The van der Waals surface area contributed by atoms with E-state index in [0.717, 1.165) is 25.7 Å². The van der Waals surface area contributed by atoms with Gasteiger partial charge in [0.25, 0.3) is 0 Å². The summed E-state index contributed by atoms with van der Waals surface area (Å²) in [6.45, 7) is 4.08. The average molecular weight is 252 g/mol. The summed E-state index contributed by atoms with van der Waals surface area (Å²) in [6.07, 6.45) is 3.74. The van der Waals surface area contributed by atoms with Crippen LogP contribution in [0.1, 0.15) is 39.5 Å². The van der Waals surface area contributed by atoms with E-state index in [1.165, 1.54) is 12.1 Å². The molecular formula is C14H21FN2O. The van der Waals surface area contributed by atoms with Crippen molar-refractivity contribution in [3.63, 3.8) is 0 Å². The summed E-state index contributed by atoms with van der Waals surface area (Å²) in [5.74, 6) is -0.516. The molecule has 0 saturated heterocycles. The number of halogens is 1. The molecule has 100 valence electrons. The van der Waals surface area contributed by atoms with Crippen molar-refractivity contribution in [2.45, 2.75) is 39.5 Å². The maximum Gasteiger partial charge on any atom is 0.227 e. The van der Waals surface area contributed by atoms with Gasteiger partial charge >= 0.3 is 0 Å². The summed E-state index contributed by atoms with van der Waals surface area (Å²) in [7, 11) is 0. The first kappa shape index (κ1) is 14.5. The van der Waals surface area contributed by atoms with Crippen LogP contribution in [-0.2, 0) is 4.79 Å². The Hall–Kier alpha value is -1.58. The lowest BCUT2D eigenvalue weighted by molar-refractivity contribution is -0.120. The van der Waals surface area contributed by atoms with Crippen LogP contribution >= 0.6 is 0 Å². The maximum absolute atomic E-state index is 13.1. The molecule has 1 aromatic carbocycles. The predicted octanol–water partition coefficient (Wildman–Crippen LogP) is 3.56. The molecule has 0 aliphatic rings. The zero-order valence-electron chi connectivity index (χ0n) is 11.0. The fourth-order valence-electron chi connectivity index (χ4n) is 1.90. The summed E-state index contributed by atoms with van der Waals surface area (Å²) in [5.41, 5.74) is 6.27. The molecule has 1 unspecified atom stereocenters. The van der Waals surface area contributed by atoms with Gasteiger partial charge in [-0.1, -0.05) is 26.7 Å². The minimum absolute atomic E-state index is 0.0190. The Morgan fingerprint density at radius 1 is 1.39 bits per heavy atom. The molecule has 0 radical (unpaired) electrons. The molecule has 18 heavy (non-hydrogen) atoms. The van der Waals surface area contributed by atoms with E-state index in [-0.39, 0.29) is 11.8 Å². The third-order valence-electron chi connectivity index (χ3n) is 2.96. The second-order valence-corrected chi connectivity index (χ2v) is 4.51. The minimum atomic E-state index is -0.438. The largest absolute Gasteiger partial charge is 0.399 e. The van der Waals surface area contributed by atoms with Gasteiger partial charge in [0.2, 0.25) is 5.91 Å². The van der Waals surface area contributed by atoms with Gasteiger partial charge in [0, 0.05) is 17.3 Å². The van der Waals surface area contributed by atoms with Crippen LogP contribution in [0.4, 0.5) is 15.8 Å². The summed E-state index contributed by atoms with van der Waals surface area (Å²) >= 11 is 0. The first-order valence-electron chi connectivity index (χ1n) is 6.43. The second kappa shape index (κ2) is 6.99. The molecule has 0 fully saturated rings. The number of carbonyl (C=O) groups excluding carboxylic acids is 1. The molecule has 0 aliphatic carbocycles. The third-order valence-corrected chi connectivity index (χ3v) is 2.96. The Morgan fingerprint density at radius 2 is 2.11 bits per heavy atom. The number of amides is 1. The van der Waals surface area contributed by atoms with Crippen molar-refractivity contribution in [2.75, 3.05) is 11.1 Å². The van der Waals surface area contributed by atoms with Gasteiger partial charge in [0.15, 0.2) is 0 Å². The van der Waals surface area contributed by atoms with Gasteiger partial charge in [-0.2, -0.15) is 0 Å². The average Bonchev–Trinajstić information content (AvgIpc) is 2.28. The van der Waals surface area contributed by atoms with Gasteiger partial charge in [0.05, 0.1) is 0 Å². The lowest BCUT2D eigenvalue weighted by atomic mass is 9.98. The van der Waals surface area contributed by atoms with Crippen LogP contribution in [0.5, 0.6) is 0 Å².